The normalized spacial score (nSPS) is 19.3. The lowest BCUT2D eigenvalue weighted by molar-refractivity contribution is -0.119. The molecule has 7 nitrogen and oxygen atoms in total. The molecule has 1 unspecified atom stereocenters. The van der Waals surface area contributed by atoms with E-state index in [1.807, 2.05) is 18.2 Å². The zero-order valence-electron chi connectivity index (χ0n) is 13.1. The Morgan fingerprint density at radius 3 is 2.96 bits per heavy atom. The van der Waals surface area contributed by atoms with Crippen molar-refractivity contribution in [2.24, 2.45) is 0 Å². The summed E-state index contributed by atoms with van der Waals surface area (Å²) in [4.78, 5) is 25.2. The molecule has 0 aromatic heterocycles. The monoisotopic (exact) mass is 319 g/mol. The molecule has 0 bridgehead atoms. The van der Waals surface area contributed by atoms with Crippen molar-refractivity contribution in [2.75, 3.05) is 19.9 Å². The van der Waals surface area contributed by atoms with E-state index in [0.29, 0.717) is 25.4 Å². The third kappa shape index (κ3) is 3.85. The molecule has 0 spiro atoms. The molecule has 0 saturated carbocycles. The van der Waals surface area contributed by atoms with Gasteiger partial charge in [-0.25, -0.2) is 4.79 Å². The van der Waals surface area contributed by atoms with Gasteiger partial charge in [-0.05, 0) is 30.5 Å². The minimum absolute atomic E-state index is 0.0394. The lowest BCUT2D eigenvalue weighted by Crippen LogP contribution is -2.51. The summed E-state index contributed by atoms with van der Waals surface area (Å²) in [6, 6.07) is 5.55. The maximum absolute atomic E-state index is 12.3. The fourth-order valence-electron chi connectivity index (χ4n) is 2.91. The van der Waals surface area contributed by atoms with Gasteiger partial charge in [0.2, 0.25) is 12.7 Å². The highest BCUT2D eigenvalue weighted by Gasteiger charge is 2.24. The Bertz CT molecular complexity index is 605. The number of amides is 3. The predicted molar refractivity (Wildman–Crippen MR) is 83.2 cm³/mol. The molecule has 23 heavy (non-hydrogen) atoms. The van der Waals surface area contributed by atoms with E-state index in [9.17, 15) is 9.59 Å². The zero-order valence-corrected chi connectivity index (χ0v) is 13.1. The van der Waals surface area contributed by atoms with Crippen LogP contribution >= 0.6 is 0 Å². The average Bonchev–Trinajstić information content (AvgIpc) is 3.00. The summed E-state index contributed by atoms with van der Waals surface area (Å²) in [7, 11) is 0. The number of likely N-dealkylation sites (tertiary alicyclic amines) is 1. The number of carbonyl (C=O) groups excluding carboxylic acids is 2. The molecule has 0 radical (unpaired) electrons. The molecule has 2 aliphatic heterocycles. The summed E-state index contributed by atoms with van der Waals surface area (Å²) in [5.74, 6) is 1.38. The van der Waals surface area contributed by atoms with Crippen LogP contribution in [0, 0.1) is 0 Å². The van der Waals surface area contributed by atoms with Crippen LogP contribution in [0.5, 0.6) is 11.5 Å². The van der Waals surface area contributed by atoms with Crippen molar-refractivity contribution in [3.8, 4) is 11.5 Å². The van der Waals surface area contributed by atoms with Gasteiger partial charge < -0.3 is 25.0 Å². The molecule has 1 atom stereocenters. The lowest BCUT2D eigenvalue weighted by Gasteiger charge is -2.33. The summed E-state index contributed by atoms with van der Waals surface area (Å²) in [5.41, 5.74) is 0.957. The molecule has 1 saturated heterocycles. The highest BCUT2D eigenvalue weighted by molar-refractivity contribution is 5.75. The zero-order chi connectivity index (χ0) is 16.2. The molecule has 2 heterocycles. The molecular formula is C16H21N3O4. The van der Waals surface area contributed by atoms with Crippen molar-refractivity contribution in [2.45, 2.75) is 32.4 Å². The van der Waals surface area contributed by atoms with Crippen LogP contribution in [0.15, 0.2) is 18.2 Å². The number of carbonyl (C=O) groups is 2. The van der Waals surface area contributed by atoms with Crippen LogP contribution in [0.4, 0.5) is 4.79 Å². The second-order valence-electron chi connectivity index (χ2n) is 5.83. The van der Waals surface area contributed by atoms with Gasteiger partial charge in [-0.15, -0.1) is 0 Å². The summed E-state index contributed by atoms with van der Waals surface area (Å²) < 4.78 is 10.6. The van der Waals surface area contributed by atoms with Crippen molar-refractivity contribution in [1.29, 1.82) is 0 Å². The van der Waals surface area contributed by atoms with Gasteiger partial charge in [0.15, 0.2) is 11.5 Å². The Hall–Kier alpha value is -2.44. The van der Waals surface area contributed by atoms with Crippen molar-refractivity contribution in [1.82, 2.24) is 15.5 Å². The topological polar surface area (TPSA) is 79.9 Å². The van der Waals surface area contributed by atoms with E-state index in [1.165, 1.54) is 6.92 Å². The van der Waals surface area contributed by atoms with Crippen LogP contribution in [0.3, 0.4) is 0 Å². The molecule has 2 aliphatic rings. The second-order valence-corrected chi connectivity index (χ2v) is 5.83. The van der Waals surface area contributed by atoms with Gasteiger partial charge >= 0.3 is 6.03 Å². The van der Waals surface area contributed by atoms with Gasteiger partial charge in [0, 0.05) is 32.6 Å². The molecule has 1 aromatic carbocycles. The number of benzene rings is 1. The average molecular weight is 319 g/mol. The van der Waals surface area contributed by atoms with Crippen LogP contribution in [0.1, 0.15) is 25.3 Å². The van der Waals surface area contributed by atoms with Gasteiger partial charge in [-0.3, -0.25) is 4.79 Å². The predicted octanol–water partition coefficient (Wildman–Crippen LogP) is 1.23. The van der Waals surface area contributed by atoms with Crippen molar-refractivity contribution >= 4 is 11.9 Å². The number of hydrogen-bond acceptors (Lipinski definition) is 4. The third-order valence-corrected chi connectivity index (χ3v) is 4.00. The number of hydrogen-bond donors (Lipinski definition) is 2. The number of nitrogens with one attached hydrogen (secondary N) is 2. The maximum Gasteiger partial charge on any atom is 0.317 e. The number of fused-ring (bicyclic) bond motifs is 1. The standard InChI is InChI=1S/C16H21N3O4/c1-11(20)18-13-3-2-6-19(9-13)16(21)17-8-12-4-5-14-15(7-12)23-10-22-14/h4-5,7,13H,2-3,6,8-10H2,1H3,(H,17,21)(H,18,20). The summed E-state index contributed by atoms with van der Waals surface area (Å²) in [5, 5.41) is 5.79. The maximum atomic E-state index is 12.3. The van der Waals surface area contributed by atoms with E-state index in [2.05, 4.69) is 10.6 Å². The molecule has 1 aromatic rings. The number of rotatable bonds is 3. The van der Waals surface area contributed by atoms with E-state index in [0.717, 1.165) is 24.2 Å². The van der Waals surface area contributed by atoms with Gasteiger partial charge in [-0.2, -0.15) is 0 Å². The quantitative estimate of drug-likeness (QED) is 0.878. The van der Waals surface area contributed by atoms with E-state index in [1.54, 1.807) is 4.90 Å². The van der Waals surface area contributed by atoms with E-state index in [-0.39, 0.29) is 24.8 Å². The van der Waals surface area contributed by atoms with E-state index >= 15 is 0 Å². The first-order valence-corrected chi connectivity index (χ1v) is 7.80. The second kappa shape index (κ2) is 6.76. The van der Waals surface area contributed by atoms with Crippen molar-refractivity contribution < 1.29 is 19.1 Å². The first kappa shape index (κ1) is 15.5. The molecule has 3 amide bonds. The molecule has 0 aliphatic carbocycles. The van der Waals surface area contributed by atoms with E-state index < -0.39 is 0 Å². The molecule has 2 N–H and O–H groups in total. The fraction of sp³-hybridized carbons (Fsp3) is 0.500. The SMILES string of the molecule is CC(=O)NC1CCCN(C(=O)NCc2ccc3c(c2)OCO3)C1. The minimum atomic E-state index is -0.113. The van der Waals surface area contributed by atoms with Gasteiger partial charge in [0.1, 0.15) is 0 Å². The highest BCUT2D eigenvalue weighted by Crippen LogP contribution is 2.32. The number of piperidine rings is 1. The van der Waals surface area contributed by atoms with Crippen molar-refractivity contribution in [3.63, 3.8) is 0 Å². The highest BCUT2D eigenvalue weighted by atomic mass is 16.7. The van der Waals surface area contributed by atoms with Crippen LogP contribution in [-0.4, -0.2) is 42.8 Å². The Morgan fingerprint density at radius 1 is 1.30 bits per heavy atom. The number of ether oxygens (including phenoxy) is 2. The fourth-order valence-corrected chi connectivity index (χ4v) is 2.91. The lowest BCUT2D eigenvalue weighted by atomic mass is 10.1. The summed E-state index contributed by atoms with van der Waals surface area (Å²) >= 11 is 0. The van der Waals surface area contributed by atoms with Crippen LogP contribution in [0.2, 0.25) is 0 Å². The smallest absolute Gasteiger partial charge is 0.317 e. The molecule has 3 rings (SSSR count). The Balaban J connectivity index is 1.51. The number of urea groups is 1. The number of nitrogens with zero attached hydrogens (tertiary/aromatic N) is 1. The summed E-state index contributed by atoms with van der Waals surface area (Å²) in [6.45, 7) is 3.43. The molecule has 124 valence electrons. The largest absolute Gasteiger partial charge is 0.454 e. The molecule has 7 heteroatoms. The minimum Gasteiger partial charge on any atom is -0.454 e. The van der Waals surface area contributed by atoms with Crippen molar-refractivity contribution in [3.05, 3.63) is 23.8 Å². The first-order valence-electron chi connectivity index (χ1n) is 7.80. The molecular weight excluding hydrogens is 298 g/mol. The Kier molecular flexibility index (Phi) is 4.55. The Morgan fingerprint density at radius 2 is 2.13 bits per heavy atom. The first-order chi connectivity index (χ1) is 11.1. The third-order valence-electron chi connectivity index (χ3n) is 4.00. The van der Waals surface area contributed by atoms with Gasteiger partial charge in [0.25, 0.3) is 0 Å². The molecule has 1 fully saturated rings. The van der Waals surface area contributed by atoms with Crippen LogP contribution in [0.25, 0.3) is 0 Å². The summed E-state index contributed by atoms with van der Waals surface area (Å²) in [6.07, 6.45) is 1.80. The van der Waals surface area contributed by atoms with Gasteiger partial charge in [-0.1, -0.05) is 6.07 Å². The van der Waals surface area contributed by atoms with Crippen LogP contribution < -0.4 is 20.1 Å². The van der Waals surface area contributed by atoms with Crippen LogP contribution in [-0.2, 0) is 11.3 Å². The van der Waals surface area contributed by atoms with Gasteiger partial charge in [0.05, 0.1) is 0 Å². The Labute approximate surface area is 134 Å². The van der Waals surface area contributed by atoms with E-state index in [4.69, 9.17) is 9.47 Å².